The molecule has 3 fully saturated rings. The monoisotopic (exact) mass is 273 g/mol. The maximum atomic E-state index is 4.53. The standard InChI is InChI=1S/C17H27N3/c1-10-16(11(2)20(3)19-10)9-18-17-8-12-7-15(17)14-6-4-5-13(12)14/h12-15,17-18H,4-9H2,1-3H3. The van der Waals surface area contributed by atoms with Gasteiger partial charge in [-0.15, -0.1) is 0 Å². The Bertz CT molecular complexity index is 519. The summed E-state index contributed by atoms with van der Waals surface area (Å²) in [7, 11) is 2.05. The van der Waals surface area contributed by atoms with Gasteiger partial charge in [-0.25, -0.2) is 0 Å². The molecule has 1 aromatic rings. The minimum absolute atomic E-state index is 0.776. The van der Waals surface area contributed by atoms with Crippen LogP contribution in [0.2, 0.25) is 0 Å². The molecule has 3 aliphatic rings. The van der Waals surface area contributed by atoms with E-state index in [0.29, 0.717) is 0 Å². The topological polar surface area (TPSA) is 29.9 Å². The molecule has 5 atom stereocenters. The van der Waals surface area contributed by atoms with Gasteiger partial charge < -0.3 is 5.32 Å². The smallest absolute Gasteiger partial charge is 0.0641 e. The van der Waals surface area contributed by atoms with Gasteiger partial charge in [-0.3, -0.25) is 4.68 Å². The van der Waals surface area contributed by atoms with Gasteiger partial charge in [-0.1, -0.05) is 6.42 Å². The van der Waals surface area contributed by atoms with Gasteiger partial charge in [0.05, 0.1) is 5.69 Å². The number of nitrogens with zero attached hydrogens (tertiary/aromatic N) is 2. The molecule has 0 saturated heterocycles. The SMILES string of the molecule is Cc1nn(C)c(C)c1CNC1CC2CC1C1CCCC21. The van der Waals surface area contributed by atoms with Crippen LogP contribution in [0.3, 0.4) is 0 Å². The Labute approximate surface area is 122 Å². The van der Waals surface area contributed by atoms with Crippen LogP contribution in [0.5, 0.6) is 0 Å². The number of fused-ring (bicyclic) bond motifs is 5. The van der Waals surface area contributed by atoms with Crippen molar-refractivity contribution in [3.8, 4) is 0 Å². The Morgan fingerprint density at radius 3 is 2.70 bits per heavy atom. The van der Waals surface area contributed by atoms with Crippen LogP contribution in [-0.4, -0.2) is 15.8 Å². The molecule has 110 valence electrons. The second-order valence-electron chi connectivity index (χ2n) is 7.41. The largest absolute Gasteiger partial charge is 0.309 e. The first-order valence-corrected chi connectivity index (χ1v) is 8.37. The predicted octanol–water partition coefficient (Wildman–Crippen LogP) is 2.95. The van der Waals surface area contributed by atoms with E-state index >= 15 is 0 Å². The first-order chi connectivity index (χ1) is 9.65. The molecule has 1 heterocycles. The zero-order valence-corrected chi connectivity index (χ0v) is 13.0. The average molecular weight is 273 g/mol. The molecular formula is C17H27N3. The van der Waals surface area contributed by atoms with Crippen LogP contribution in [0.25, 0.3) is 0 Å². The van der Waals surface area contributed by atoms with Crippen molar-refractivity contribution in [3.05, 3.63) is 17.0 Å². The number of aromatic nitrogens is 2. The highest BCUT2D eigenvalue weighted by molar-refractivity contribution is 5.24. The lowest BCUT2D eigenvalue weighted by Gasteiger charge is -2.32. The van der Waals surface area contributed by atoms with Crippen molar-refractivity contribution in [1.29, 1.82) is 0 Å². The summed E-state index contributed by atoms with van der Waals surface area (Å²) in [6.07, 6.45) is 7.48. The van der Waals surface area contributed by atoms with E-state index in [9.17, 15) is 0 Å². The number of rotatable bonds is 3. The van der Waals surface area contributed by atoms with Crippen molar-refractivity contribution in [2.24, 2.45) is 30.7 Å². The molecule has 3 saturated carbocycles. The van der Waals surface area contributed by atoms with E-state index in [-0.39, 0.29) is 0 Å². The number of hydrogen-bond donors (Lipinski definition) is 1. The summed E-state index contributed by atoms with van der Waals surface area (Å²) in [5.74, 6) is 4.17. The highest BCUT2D eigenvalue weighted by Gasteiger charge is 2.53. The fraction of sp³-hybridized carbons (Fsp3) is 0.824. The molecule has 20 heavy (non-hydrogen) atoms. The van der Waals surface area contributed by atoms with E-state index in [1.165, 1.54) is 49.1 Å². The zero-order chi connectivity index (χ0) is 13.9. The van der Waals surface area contributed by atoms with Crippen LogP contribution in [0, 0.1) is 37.5 Å². The number of hydrogen-bond acceptors (Lipinski definition) is 2. The highest BCUT2D eigenvalue weighted by Crippen LogP contribution is 2.58. The Hall–Kier alpha value is -0.830. The summed E-state index contributed by atoms with van der Waals surface area (Å²) >= 11 is 0. The molecule has 3 aliphatic carbocycles. The van der Waals surface area contributed by atoms with Gasteiger partial charge in [0, 0.05) is 30.9 Å². The minimum Gasteiger partial charge on any atom is -0.309 e. The van der Waals surface area contributed by atoms with Crippen LogP contribution in [0.4, 0.5) is 0 Å². The van der Waals surface area contributed by atoms with Gasteiger partial charge >= 0.3 is 0 Å². The maximum Gasteiger partial charge on any atom is 0.0641 e. The van der Waals surface area contributed by atoms with Gasteiger partial charge in [0.25, 0.3) is 0 Å². The highest BCUT2D eigenvalue weighted by atomic mass is 15.3. The molecule has 0 amide bonds. The van der Waals surface area contributed by atoms with Crippen LogP contribution >= 0.6 is 0 Å². The van der Waals surface area contributed by atoms with Gasteiger partial charge in [0.15, 0.2) is 0 Å². The predicted molar refractivity (Wildman–Crippen MR) is 80.4 cm³/mol. The fourth-order valence-electron chi connectivity index (χ4n) is 5.61. The second kappa shape index (κ2) is 4.59. The minimum atomic E-state index is 0.776. The average Bonchev–Trinajstić information content (AvgIpc) is 3.13. The van der Waals surface area contributed by atoms with Crippen molar-refractivity contribution in [2.45, 2.75) is 58.5 Å². The van der Waals surface area contributed by atoms with Gasteiger partial charge in [0.1, 0.15) is 0 Å². The van der Waals surface area contributed by atoms with E-state index in [4.69, 9.17) is 0 Å². The normalized spacial score (nSPS) is 38.6. The third kappa shape index (κ3) is 1.78. The fourth-order valence-corrected chi connectivity index (χ4v) is 5.61. The van der Waals surface area contributed by atoms with E-state index in [0.717, 1.165) is 36.3 Å². The first-order valence-electron chi connectivity index (χ1n) is 8.37. The third-order valence-corrected chi connectivity index (χ3v) is 6.63. The first kappa shape index (κ1) is 12.9. The van der Waals surface area contributed by atoms with Crippen LogP contribution in [-0.2, 0) is 13.6 Å². The molecule has 3 nitrogen and oxygen atoms in total. The van der Waals surface area contributed by atoms with Crippen molar-refractivity contribution in [2.75, 3.05) is 0 Å². The Morgan fingerprint density at radius 2 is 1.95 bits per heavy atom. The molecular weight excluding hydrogens is 246 g/mol. The molecule has 5 unspecified atom stereocenters. The number of aryl methyl sites for hydroxylation is 2. The molecule has 1 N–H and O–H groups in total. The summed E-state index contributed by atoms with van der Waals surface area (Å²) in [5.41, 5.74) is 3.93. The lowest BCUT2D eigenvalue weighted by atomic mass is 9.79. The van der Waals surface area contributed by atoms with Gasteiger partial charge in [-0.2, -0.15) is 5.10 Å². The Kier molecular flexibility index (Phi) is 2.95. The van der Waals surface area contributed by atoms with Gasteiger partial charge in [0.2, 0.25) is 0 Å². The molecule has 0 radical (unpaired) electrons. The van der Waals surface area contributed by atoms with Crippen molar-refractivity contribution in [3.63, 3.8) is 0 Å². The molecule has 3 heteroatoms. The summed E-state index contributed by atoms with van der Waals surface area (Å²) in [6, 6.07) is 0.776. The van der Waals surface area contributed by atoms with Crippen LogP contribution in [0.15, 0.2) is 0 Å². The summed E-state index contributed by atoms with van der Waals surface area (Å²) in [5, 5.41) is 8.42. The second-order valence-corrected chi connectivity index (χ2v) is 7.41. The summed E-state index contributed by atoms with van der Waals surface area (Å²) in [4.78, 5) is 0. The lowest BCUT2D eigenvalue weighted by Crippen LogP contribution is -2.39. The summed E-state index contributed by atoms with van der Waals surface area (Å²) in [6.45, 7) is 5.33. The lowest BCUT2D eigenvalue weighted by molar-refractivity contribution is 0.208. The molecule has 4 rings (SSSR count). The van der Waals surface area contributed by atoms with E-state index in [1.54, 1.807) is 0 Å². The van der Waals surface area contributed by atoms with Crippen molar-refractivity contribution in [1.82, 2.24) is 15.1 Å². The van der Waals surface area contributed by atoms with E-state index in [2.05, 4.69) is 24.3 Å². The summed E-state index contributed by atoms with van der Waals surface area (Å²) < 4.78 is 2.01. The third-order valence-electron chi connectivity index (χ3n) is 6.63. The molecule has 0 spiro atoms. The molecule has 0 aliphatic heterocycles. The maximum absolute atomic E-state index is 4.53. The van der Waals surface area contributed by atoms with Crippen molar-refractivity contribution >= 4 is 0 Å². The Balaban J connectivity index is 1.44. The van der Waals surface area contributed by atoms with Crippen LogP contribution in [0.1, 0.15) is 49.1 Å². The van der Waals surface area contributed by atoms with E-state index < -0.39 is 0 Å². The van der Waals surface area contributed by atoms with Crippen LogP contribution < -0.4 is 5.32 Å². The molecule has 2 bridgehead atoms. The Morgan fingerprint density at radius 1 is 1.15 bits per heavy atom. The molecule has 0 aromatic carbocycles. The quantitative estimate of drug-likeness (QED) is 0.917. The van der Waals surface area contributed by atoms with Crippen molar-refractivity contribution < 1.29 is 0 Å². The van der Waals surface area contributed by atoms with Gasteiger partial charge in [-0.05, 0) is 63.2 Å². The molecule has 1 aromatic heterocycles. The van der Waals surface area contributed by atoms with E-state index in [1.807, 2.05) is 11.7 Å². The zero-order valence-electron chi connectivity index (χ0n) is 13.0. The number of nitrogens with one attached hydrogen (secondary N) is 1.